The summed E-state index contributed by atoms with van der Waals surface area (Å²) in [7, 11) is 0. The molecule has 5 heteroatoms. The highest BCUT2D eigenvalue weighted by Crippen LogP contribution is 2.33. The fraction of sp³-hybridized carbons (Fsp3) is 0.650. The van der Waals surface area contributed by atoms with Crippen molar-refractivity contribution >= 4 is 5.91 Å². The molecule has 0 spiro atoms. The minimum absolute atomic E-state index is 0.0857. The molecule has 0 aromatic heterocycles. The van der Waals surface area contributed by atoms with Gasteiger partial charge in [0.1, 0.15) is 5.82 Å². The van der Waals surface area contributed by atoms with E-state index >= 15 is 0 Å². The molecule has 0 bridgehead atoms. The monoisotopic (exact) mass is 348 g/mol. The van der Waals surface area contributed by atoms with Crippen molar-refractivity contribution in [2.75, 3.05) is 32.8 Å². The van der Waals surface area contributed by atoms with Gasteiger partial charge >= 0.3 is 0 Å². The molecule has 2 fully saturated rings. The Hall–Kier alpha value is -1.46. The van der Waals surface area contributed by atoms with Crippen molar-refractivity contribution in [3.63, 3.8) is 0 Å². The average Bonchev–Trinajstić information content (AvgIpc) is 2.67. The molecule has 1 N–H and O–H groups in total. The van der Waals surface area contributed by atoms with Crippen molar-refractivity contribution in [2.24, 2.45) is 0 Å². The van der Waals surface area contributed by atoms with E-state index in [0.29, 0.717) is 12.8 Å². The van der Waals surface area contributed by atoms with Gasteiger partial charge in [0.2, 0.25) is 5.91 Å². The van der Waals surface area contributed by atoms with E-state index in [1.807, 2.05) is 0 Å². The Morgan fingerprint density at radius 2 is 1.80 bits per heavy atom. The molecule has 1 aliphatic heterocycles. The predicted molar refractivity (Wildman–Crippen MR) is 95.9 cm³/mol. The Bertz CT molecular complexity index is 549. The predicted octanol–water partition coefficient (Wildman–Crippen LogP) is 2.91. The highest BCUT2D eigenvalue weighted by Gasteiger charge is 2.38. The van der Waals surface area contributed by atoms with E-state index in [9.17, 15) is 9.18 Å². The van der Waals surface area contributed by atoms with Crippen molar-refractivity contribution in [3.05, 3.63) is 35.6 Å². The number of morpholine rings is 1. The zero-order valence-electron chi connectivity index (χ0n) is 14.9. The summed E-state index contributed by atoms with van der Waals surface area (Å²) in [5.74, 6) is -0.152. The normalized spacial score (nSPS) is 21.0. The van der Waals surface area contributed by atoms with Gasteiger partial charge in [0, 0.05) is 31.6 Å². The van der Waals surface area contributed by atoms with Crippen LogP contribution in [0.3, 0.4) is 0 Å². The van der Waals surface area contributed by atoms with Crippen LogP contribution in [0.15, 0.2) is 24.3 Å². The Balaban J connectivity index is 1.51. The molecule has 3 rings (SSSR count). The van der Waals surface area contributed by atoms with Crippen LogP contribution < -0.4 is 5.32 Å². The largest absolute Gasteiger partial charge is 0.379 e. The van der Waals surface area contributed by atoms with Gasteiger partial charge in [-0.15, -0.1) is 0 Å². The van der Waals surface area contributed by atoms with Crippen molar-refractivity contribution in [2.45, 2.75) is 50.5 Å². The number of hydrogen-bond acceptors (Lipinski definition) is 3. The molecule has 0 radical (unpaired) electrons. The standard InChI is InChI=1S/C20H29FN2O2/c21-18-7-4-17(5-8-18)6-9-19(24)22-16-20(10-2-1-3-11-20)23-12-14-25-15-13-23/h4-5,7-8H,1-3,6,9-16H2,(H,22,24). The van der Waals surface area contributed by atoms with Crippen LogP contribution in [0, 0.1) is 5.82 Å². The summed E-state index contributed by atoms with van der Waals surface area (Å²) < 4.78 is 18.4. The molecule has 1 amide bonds. The number of carbonyl (C=O) groups is 1. The molecule has 1 saturated heterocycles. The fourth-order valence-corrected chi connectivity index (χ4v) is 4.11. The van der Waals surface area contributed by atoms with Crippen LogP contribution >= 0.6 is 0 Å². The molecule has 0 unspecified atom stereocenters. The van der Waals surface area contributed by atoms with Crippen LogP contribution in [0.1, 0.15) is 44.1 Å². The summed E-state index contributed by atoms with van der Waals surface area (Å²) >= 11 is 0. The number of halogens is 1. The van der Waals surface area contributed by atoms with Crippen LogP contribution in [-0.4, -0.2) is 49.2 Å². The zero-order valence-corrected chi connectivity index (χ0v) is 14.9. The molecule has 138 valence electrons. The van der Waals surface area contributed by atoms with E-state index in [1.54, 1.807) is 12.1 Å². The second kappa shape index (κ2) is 8.77. The highest BCUT2D eigenvalue weighted by atomic mass is 19.1. The van der Waals surface area contributed by atoms with Gasteiger partial charge in [0.25, 0.3) is 0 Å². The van der Waals surface area contributed by atoms with E-state index in [-0.39, 0.29) is 17.3 Å². The summed E-state index contributed by atoms with van der Waals surface area (Å²) in [6.45, 7) is 4.24. The quantitative estimate of drug-likeness (QED) is 0.859. The van der Waals surface area contributed by atoms with Crippen LogP contribution in [0.5, 0.6) is 0 Å². The first-order chi connectivity index (χ1) is 12.2. The molecule has 1 aromatic rings. The Labute approximate surface area is 149 Å². The number of nitrogens with one attached hydrogen (secondary N) is 1. The van der Waals surface area contributed by atoms with Crippen LogP contribution in [0.25, 0.3) is 0 Å². The second-order valence-corrected chi connectivity index (χ2v) is 7.29. The third-order valence-electron chi connectivity index (χ3n) is 5.63. The zero-order chi connectivity index (χ0) is 17.5. The Morgan fingerprint density at radius 1 is 1.12 bits per heavy atom. The number of benzene rings is 1. The lowest BCUT2D eigenvalue weighted by molar-refractivity contribution is -0.122. The third-order valence-corrected chi connectivity index (χ3v) is 5.63. The topological polar surface area (TPSA) is 41.6 Å². The second-order valence-electron chi connectivity index (χ2n) is 7.29. The molecular formula is C20H29FN2O2. The summed E-state index contributed by atoms with van der Waals surface area (Å²) in [5, 5.41) is 3.18. The van der Waals surface area contributed by atoms with Gasteiger partial charge in [0.05, 0.1) is 13.2 Å². The molecule has 1 aromatic carbocycles. The smallest absolute Gasteiger partial charge is 0.220 e. The number of aryl methyl sites for hydroxylation is 1. The van der Waals surface area contributed by atoms with Crippen LogP contribution in [0.2, 0.25) is 0 Å². The van der Waals surface area contributed by atoms with Crippen LogP contribution in [0.4, 0.5) is 4.39 Å². The fourth-order valence-electron chi connectivity index (χ4n) is 4.11. The van der Waals surface area contributed by atoms with Gasteiger partial charge in [-0.05, 0) is 37.0 Å². The number of rotatable bonds is 6. The maximum atomic E-state index is 12.9. The summed E-state index contributed by atoms with van der Waals surface area (Å²) in [6.07, 6.45) is 7.19. The number of ether oxygens (including phenoxy) is 1. The summed E-state index contributed by atoms with van der Waals surface area (Å²) in [4.78, 5) is 14.9. The first kappa shape index (κ1) is 18.3. The number of hydrogen-bond donors (Lipinski definition) is 1. The lowest BCUT2D eigenvalue weighted by Gasteiger charge is -2.48. The van der Waals surface area contributed by atoms with Crippen LogP contribution in [-0.2, 0) is 16.0 Å². The molecule has 1 saturated carbocycles. The van der Waals surface area contributed by atoms with E-state index in [0.717, 1.165) is 51.3 Å². The molecule has 1 heterocycles. The van der Waals surface area contributed by atoms with E-state index < -0.39 is 0 Å². The minimum Gasteiger partial charge on any atom is -0.379 e. The molecule has 2 aliphatic rings. The molecule has 1 aliphatic carbocycles. The number of amides is 1. The third kappa shape index (κ3) is 5.02. The molecule has 25 heavy (non-hydrogen) atoms. The van der Waals surface area contributed by atoms with Crippen molar-refractivity contribution < 1.29 is 13.9 Å². The Morgan fingerprint density at radius 3 is 2.48 bits per heavy atom. The lowest BCUT2D eigenvalue weighted by atomic mass is 9.79. The van der Waals surface area contributed by atoms with Crippen molar-refractivity contribution in [1.29, 1.82) is 0 Å². The highest BCUT2D eigenvalue weighted by molar-refractivity contribution is 5.76. The van der Waals surface area contributed by atoms with E-state index in [2.05, 4.69) is 10.2 Å². The lowest BCUT2D eigenvalue weighted by Crippen LogP contribution is -2.59. The van der Waals surface area contributed by atoms with Crippen molar-refractivity contribution in [1.82, 2.24) is 10.2 Å². The summed E-state index contributed by atoms with van der Waals surface area (Å²) in [5.41, 5.74) is 1.10. The van der Waals surface area contributed by atoms with Gasteiger partial charge in [-0.25, -0.2) is 4.39 Å². The van der Waals surface area contributed by atoms with Gasteiger partial charge in [-0.1, -0.05) is 31.4 Å². The maximum absolute atomic E-state index is 12.9. The molecule has 4 nitrogen and oxygen atoms in total. The van der Waals surface area contributed by atoms with Gasteiger partial charge in [-0.3, -0.25) is 9.69 Å². The SMILES string of the molecule is O=C(CCc1ccc(F)cc1)NCC1(N2CCOCC2)CCCCC1. The Kier molecular flexibility index (Phi) is 6.43. The first-order valence-corrected chi connectivity index (χ1v) is 9.52. The summed E-state index contributed by atoms with van der Waals surface area (Å²) in [6, 6.07) is 6.39. The molecular weight excluding hydrogens is 319 g/mol. The van der Waals surface area contributed by atoms with E-state index in [4.69, 9.17) is 4.74 Å². The van der Waals surface area contributed by atoms with Gasteiger partial charge < -0.3 is 10.1 Å². The van der Waals surface area contributed by atoms with Gasteiger partial charge in [0.15, 0.2) is 0 Å². The maximum Gasteiger partial charge on any atom is 0.220 e. The van der Waals surface area contributed by atoms with Gasteiger partial charge in [-0.2, -0.15) is 0 Å². The minimum atomic E-state index is -0.238. The number of carbonyl (C=O) groups excluding carboxylic acids is 1. The number of nitrogens with zero attached hydrogens (tertiary/aromatic N) is 1. The average molecular weight is 348 g/mol. The van der Waals surface area contributed by atoms with Crippen molar-refractivity contribution in [3.8, 4) is 0 Å². The molecule has 0 atom stereocenters. The van der Waals surface area contributed by atoms with E-state index in [1.165, 1.54) is 31.4 Å². The first-order valence-electron chi connectivity index (χ1n) is 9.52.